The molecule has 158 valence electrons. The van der Waals surface area contributed by atoms with Crippen LogP contribution in [0.5, 0.6) is 0 Å². The summed E-state index contributed by atoms with van der Waals surface area (Å²) in [4.78, 5) is 29.4. The van der Waals surface area contributed by atoms with Crippen molar-refractivity contribution in [3.8, 4) is 6.07 Å². The van der Waals surface area contributed by atoms with Gasteiger partial charge in [-0.1, -0.05) is 0 Å². The van der Waals surface area contributed by atoms with Crippen LogP contribution in [0, 0.1) is 34.8 Å². The average Bonchev–Trinajstić information content (AvgIpc) is 3.33. The lowest BCUT2D eigenvalue weighted by molar-refractivity contribution is -0.135. The van der Waals surface area contributed by atoms with Gasteiger partial charge >= 0.3 is 0 Å². The molecule has 3 aliphatic heterocycles. The number of halogens is 2. The number of rotatable bonds is 3. The van der Waals surface area contributed by atoms with Crippen molar-refractivity contribution in [2.45, 2.75) is 68.7 Å². The number of nitriles is 1. The fraction of sp³-hybridized carbons (Fsp3) is 0.591. The number of carbonyl (C=O) groups is 2. The maximum Gasteiger partial charge on any atom is 0.257 e. The van der Waals surface area contributed by atoms with Gasteiger partial charge in [-0.3, -0.25) is 9.59 Å². The molecule has 2 N–H and O–H groups in total. The van der Waals surface area contributed by atoms with Crippen LogP contribution in [0.3, 0.4) is 0 Å². The van der Waals surface area contributed by atoms with Crippen LogP contribution in [0.25, 0.3) is 0 Å². The Morgan fingerprint density at radius 3 is 2.47 bits per heavy atom. The highest BCUT2D eigenvalue weighted by Crippen LogP contribution is 2.48. The Kier molecular flexibility index (Phi) is 4.55. The predicted octanol–water partition coefficient (Wildman–Crippen LogP) is 2.19. The quantitative estimate of drug-likeness (QED) is 0.821. The number of fused-ring (bicyclic) bond motifs is 3. The molecule has 30 heavy (non-hydrogen) atoms. The summed E-state index contributed by atoms with van der Waals surface area (Å²) >= 11 is 0. The molecule has 6 atom stereocenters. The maximum atomic E-state index is 14.1. The number of likely N-dealkylation sites (tertiary alicyclic amines) is 1. The highest BCUT2D eigenvalue weighted by molar-refractivity contribution is 5.95. The number of nitrogens with two attached hydrogens (primary N) is 1. The molecule has 8 heteroatoms. The fourth-order valence-corrected chi connectivity index (χ4v) is 5.91. The molecule has 0 radical (unpaired) electrons. The Morgan fingerprint density at radius 2 is 1.80 bits per heavy atom. The summed E-state index contributed by atoms with van der Waals surface area (Å²) in [6, 6.07) is 3.92. The zero-order chi connectivity index (χ0) is 21.2. The molecule has 2 unspecified atom stereocenters. The average molecular weight is 414 g/mol. The van der Waals surface area contributed by atoms with Crippen molar-refractivity contribution < 1.29 is 18.4 Å². The van der Waals surface area contributed by atoms with E-state index in [1.165, 1.54) is 0 Å². The van der Waals surface area contributed by atoms with Crippen LogP contribution < -0.4 is 5.73 Å². The van der Waals surface area contributed by atoms with Crippen LogP contribution in [0.2, 0.25) is 0 Å². The van der Waals surface area contributed by atoms with Crippen molar-refractivity contribution in [3.63, 3.8) is 0 Å². The van der Waals surface area contributed by atoms with Crippen molar-refractivity contribution in [2.75, 3.05) is 0 Å². The minimum atomic E-state index is -0.731. The zero-order valence-corrected chi connectivity index (χ0v) is 16.5. The molecule has 6 nitrogen and oxygen atoms in total. The molecule has 0 aromatic heterocycles. The third kappa shape index (κ3) is 2.99. The lowest BCUT2D eigenvalue weighted by Gasteiger charge is -2.41. The maximum absolute atomic E-state index is 14.1. The molecule has 2 amide bonds. The molecule has 1 aromatic carbocycles. The Labute approximate surface area is 173 Å². The Balaban J connectivity index is 1.31. The highest BCUT2D eigenvalue weighted by Gasteiger charge is 2.56. The highest BCUT2D eigenvalue weighted by atomic mass is 19.1. The van der Waals surface area contributed by atoms with E-state index in [1.807, 2.05) is 0 Å². The fourth-order valence-electron chi connectivity index (χ4n) is 5.91. The first kappa shape index (κ1) is 19.4. The van der Waals surface area contributed by atoms with Gasteiger partial charge in [0, 0.05) is 18.1 Å². The van der Waals surface area contributed by atoms with Gasteiger partial charge < -0.3 is 15.5 Å². The Bertz CT molecular complexity index is 934. The number of hydrogen-bond acceptors (Lipinski definition) is 4. The van der Waals surface area contributed by atoms with E-state index in [0.717, 1.165) is 43.9 Å². The summed E-state index contributed by atoms with van der Waals surface area (Å²) in [6.45, 7) is 0. The van der Waals surface area contributed by atoms with Gasteiger partial charge in [0.15, 0.2) is 0 Å². The third-order valence-corrected chi connectivity index (χ3v) is 7.46. The van der Waals surface area contributed by atoms with Crippen LogP contribution in [0.15, 0.2) is 18.2 Å². The van der Waals surface area contributed by atoms with Crippen LogP contribution in [0.1, 0.15) is 48.9 Å². The summed E-state index contributed by atoms with van der Waals surface area (Å²) in [5, 5.41) is 9.37. The van der Waals surface area contributed by atoms with Gasteiger partial charge in [-0.05, 0) is 68.6 Å². The smallest absolute Gasteiger partial charge is 0.257 e. The summed E-state index contributed by atoms with van der Waals surface area (Å²) in [7, 11) is 0. The predicted molar refractivity (Wildman–Crippen MR) is 103 cm³/mol. The van der Waals surface area contributed by atoms with E-state index in [-0.39, 0.29) is 41.6 Å². The first-order valence-electron chi connectivity index (χ1n) is 10.6. The van der Waals surface area contributed by atoms with Crippen molar-refractivity contribution in [3.05, 3.63) is 35.4 Å². The van der Waals surface area contributed by atoms with Gasteiger partial charge in [0.1, 0.15) is 17.7 Å². The van der Waals surface area contributed by atoms with E-state index in [2.05, 4.69) is 6.07 Å². The second kappa shape index (κ2) is 7.02. The van der Waals surface area contributed by atoms with Gasteiger partial charge in [-0.25, -0.2) is 8.78 Å². The van der Waals surface area contributed by atoms with Crippen LogP contribution in [0.4, 0.5) is 8.78 Å². The summed E-state index contributed by atoms with van der Waals surface area (Å²) < 4.78 is 27.7. The monoisotopic (exact) mass is 414 g/mol. The van der Waals surface area contributed by atoms with Crippen molar-refractivity contribution in [2.24, 2.45) is 17.6 Å². The normalized spacial score (nSPS) is 35.0. The third-order valence-electron chi connectivity index (χ3n) is 7.46. The van der Waals surface area contributed by atoms with Crippen LogP contribution in [-0.4, -0.2) is 51.8 Å². The lowest BCUT2D eigenvalue weighted by atomic mass is 9.84. The second-order valence-corrected chi connectivity index (χ2v) is 9.17. The molecule has 1 saturated carbocycles. The minimum absolute atomic E-state index is 0.0893. The summed E-state index contributed by atoms with van der Waals surface area (Å²) in [5.74, 6) is -1.69. The molecular formula is C22H24F2N4O2. The molecule has 0 spiro atoms. The number of benzene rings is 1. The second-order valence-electron chi connectivity index (χ2n) is 9.17. The first-order chi connectivity index (χ1) is 14.4. The molecule has 3 saturated heterocycles. The van der Waals surface area contributed by atoms with E-state index in [0.29, 0.717) is 18.8 Å². The van der Waals surface area contributed by atoms with Crippen molar-refractivity contribution >= 4 is 11.8 Å². The van der Waals surface area contributed by atoms with E-state index >= 15 is 0 Å². The van der Waals surface area contributed by atoms with Gasteiger partial charge in [0.2, 0.25) is 5.91 Å². The largest absolute Gasteiger partial charge is 0.333 e. The molecule has 1 aromatic rings. The zero-order valence-electron chi connectivity index (χ0n) is 16.5. The molecule has 2 bridgehead atoms. The van der Waals surface area contributed by atoms with Gasteiger partial charge in [0.05, 0.1) is 17.7 Å². The number of nitrogens with zero attached hydrogens (tertiary/aromatic N) is 3. The Morgan fingerprint density at radius 1 is 1.10 bits per heavy atom. The van der Waals surface area contributed by atoms with E-state index < -0.39 is 23.6 Å². The van der Waals surface area contributed by atoms with E-state index in [9.17, 15) is 23.6 Å². The summed E-state index contributed by atoms with van der Waals surface area (Å²) in [6.07, 6.45) is 4.33. The number of piperidine rings is 2. The molecule has 1 aliphatic carbocycles. The topological polar surface area (TPSA) is 90.4 Å². The minimum Gasteiger partial charge on any atom is -0.333 e. The standard InChI is InChI=1S/C22H24F2N4O2/c23-13-1-4-18(24)17(9-13)21(29)27-14-2-3-15(27)7-12(6-14)20(26)22(30)28-16(10-25)5-11-8-19(11)28/h1,4,9,11-12,14-16,19-20H,2-3,5-8,26H2/t11-,12?,14?,15?,16+,19+,20+/m1/s1. The van der Waals surface area contributed by atoms with Crippen molar-refractivity contribution in [1.29, 1.82) is 5.26 Å². The van der Waals surface area contributed by atoms with Crippen molar-refractivity contribution in [1.82, 2.24) is 9.80 Å². The molecule has 4 aliphatic rings. The molecule has 5 rings (SSSR count). The van der Waals surface area contributed by atoms with Gasteiger partial charge in [0.25, 0.3) is 5.91 Å². The van der Waals surface area contributed by atoms with E-state index in [4.69, 9.17) is 5.73 Å². The molecular weight excluding hydrogens is 390 g/mol. The first-order valence-corrected chi connectivity index (χ1v) is 10.6. The van der Waals surface area contributed by atoms with Crippen LogP contribution in [-0.2, 0) is 4.79 Å². The number of amides is 2. The number of carbonyl (C=O) groups excluding carboxylic acids is 2. The Hall–Kier alpha value is -2.53. The van der Waals surface area contributed by atoms with Gasteiger partial charge in [-0.15, -0.1) is 0 Å². The van der Waals surface area contributed by atoms with Crippen LogP contribution >= 0.6 is 0 Å². The summed E-state index contributed by atoms with van der Waals surface area (Å²) in [5.41, 5.74) is 6.13. The molecule has 4 fully saturated rings. The van der Waals surface area contributed by atoms with E-state index in [1.54, 1.807) is 9.80 Å². The van der Waals surface area contributed by atoms with Gasteiger partial charge in [-0.2, -0.15) is 5.26 Å². The molecule has 3 heterocycles. The number of hydrogen-bond donors (Lipinski definition) is 1. The lowest BCUT2D eigenvalue weighted by Crippen LogP contribution is -2.55. The SMILES string of the molecule is N#C[C@@H]1C[C@@H]2C[C@@H]2N1C(=O)[C@@H](N)C1CC2CCC(C1)N2C(=O)c1cc(F)ccc1F.